The highest BCUT2D eigenvalue weighted by molar-refractivity contribution is 5.74. The molecule has 0 amide bonds. The van der Waals surface area contributed by atoms with Gasteiger partial charge in [0.1, 0.15) is 6.10 Å². The van der Waals surface area contributed by atoms with Gasteiger partial charge in [-0.1, -0.05) is 13.8 Å². The minimum Gasteiger partial charge on any atom is -0.469 e. The van der Waals surface area contributed by atoms with E-state index in [-0.39, 0.29) is 40.7 Å². The highest BCUT2D eigenvalue weighted by atomic mass is 16.5. The molecule has 0 unspecified atom stereocenters. The van der Waals surface area contributed by atoms with E-state index >= 15 is 0 Å². The van der Waals surface area contributed by atoms with Crippen LogP contribution in [0.2, 0.25) is 0 Å². The second-order valence-corrected chi connectivity index (χ2v) is 10.5. The minimum atomic E-state index is -0.768. The van der Waals surface area contributed by atoms with Gasteiger partial charge in [-0.3, -0.25) is 9.59 Å². The van der Waals surface area contributed by atoms with Crippen LogP contribution < -0.4 is 0 Å². The molecule has 0 spiro atoms. The molecule has 158 valence electrons. The van der Waals surface area contributed by atoms with E-state index in [0.29, 0.717) is 18.3 Å². The Labute approximate surface area is 168 Å². The largest absolute Gasteiger partial charge is 0.469 e. The normalized spacial score (nSPS) is 50.1. The zero-order valence-corrected chi connectivity index (χ0v) is 17.8. The number of hydrogen-bond acceptors (Lipinski definition) is 5. The smallest absolute Gasteiger partial charge is 0.309 e. The van der Waals surface area contributed by atoms with Crippen molar-refractivity contribution in [3.8, 4) is 0 Å². The summed E-state index contributed by atoms with van der Waals surface area (Å²) >= 11 is 0. The van der Waals surface area contributed by atoms with E-state index in [0.717, 1.165) is 51.4 Å². The second kappa shape index (κ2) is 6.72. The van der Waals surface area contributed by atoms with Crippen LogP contribution in [0.4, 0.5) is 0 Å². The van der Waals surface area contributed by atoms with Crippen molar-refractivity contribution in [1.82, 2.24) is 0 Å². The maximum Gasteiger partial charge on any atom is 0.309 e. The number of fused-ring (bicyclic) bond motifs is 5. The summed E-state index contributed by atoms with van der Waals surface area (Å²) in [6.45, 7) is 6.04. The molecule has 0 saturated heterocycles. The third kappa shape index (κ3) is 2.68. The molecule has 0 aliphatic heterocycles. The van der Waals surface area contributed by atoms with E-state index in [1.807, 2.05) is 0 Å². The lowest BCUT2D eigenvalue weighted by atomic mass is 9.43. The Morgan fingerprint density at radius 3 is 2.39 bits per heavy atom. The van der Waals surface area contributed by atoms with E-state index in [1.165, 1.54) is 14.0 Å². The summed E-state index contributed by atoms with van der Waals surface area (Å²) < 4.78 is 10.6. The summed E-state index contributed by atoms with van der Waals surface area (Å²) in [4.78, 5) is 23.8. The molecule has 0 radical (unpaired) electrons. The van der Waals surface area contributed by atoms with Crippen molar-refractivity contribution >= 4 is 11.9 Å². The number of carbonyl (C=O) groups excluding carboxylic acids is 2. The summed E-state index contributed by atoms with van der Waals surface area (Å²) in [6, 6.07) is 0. The van der Waals surface area contributed by atoms with Crippen molar-refractivity contribution in [2.24, 2.45) is 34.5 Å². The number of rotatable bonds is 2. The van der Waals surface area contributed by atoms with Crippen molar-refractivity contribution in [3.05, 3.63) is 0 Å². The maximum atomic E-state index is 12.4. The number of methoxy groups -OCH3 is 1. The Hall–Kier alpha value is -1.10. The maximum absolute atomic E-state index is 12.4. The highest BCUT2D eigenvalue weighted by Crippen LogP contribution is 2.69. The van der Waals surface area contributed by atoms with Crippen LogP contribution in [0.5, 0.6) is 0 Å². The van der Waals surface area contributed by atoms with E-state index in [2.05, 4.69) is 13.8 Å². The fourth-order valence-electron chi connectivity index (χ4n) is 8.05. The third-order valence-corrected chi connectivity index (χ3v) is 9.62. The summed E-state index contributed by atoms with van der Waals surface area (Å²) in [5.41, 5.74) is -0.950. The molecule has 0 bridgehead atoms. The number of esters is 2. The standard InChI is InChI=1S/C23H36O5/c1-14(24)28-16-7-10-21(2)15(13-16)5-6-18-17(21)8-11-22(3)19(20(25)27-4)9-12-23(18,22)26/h15-19,26H,5-13H2,1-4H3/t15-,16-,17+,18-,19-,21+,22-,23-/m1/s1. The van der Waals surface area contributed by atoms with Gasteiger partial charge in [0.15, 0.2) is 0 Å². The van der Waals surface area contributed by atoms with Crippen LogP contribution in [0.3, 0.4) is 0 Å². The van der Waals surface area contributed by atoms with Crippen LogP contribution in [-0.2, 0) is 19.1 Å². The molecule has 5 heteroatoms. The van der Waals surface area contributed by atoms with Gasteiger partial charge in [0.25, 0.3) is 0 Å². The predicted octanol–water partition coefficient (Wildman–Crippen LogP) is 3.86. The quantitative estimate of drug-likeness (QED) is 0.722. The average molecular weight is 393 g/mol. The SMILES string of the molecule is COC(=O)[C@H]1CC[C@@]2(O)[C@@H]3CC[C@@H]4C[C@H](OC(C)=O)CC[C@]4(C)[C@H]3CC[C@]12C. The van der Waals surface area contributed by atoms with Gasteiger partial charge in [-0.25, -0.2) is 0 Å². The van der Waals surface area contributed by atoms with Gasteiger partial charge in [0, 0.05) is 12.3 Å². The lowest BCUT2D eigenvalue weighted by Gasteiger charge is -2.63. The Morgan fingerprint density at radius 2 is 1.71 bits per heavy atom. The first kappa shape index (κ1) is 20.2. The predicted molar refractivity (Wildman–Crippen MR) is 104 cm³/mol. The van der Waals surface area contributed by atoms with E-state index in [9.17, 15) is 14.7 Å². The number of ether oxygens (including phenoxy) is 2. The molecular weight excluding hydrogens is 356 g/mol. The summed E-state index contributed by atoms with van der Waals surface area (Å²) in [5, 5.41) is 12.0. The molecule has 4 saturated carbocycles. The molecule has 4 rings (SSSR count). The van der Waals surface area contributed by atoms with Crippen LogP contribution in [0.15, 0.2) is 0 Å². The Kier molecular flexibility index (Phi) is 4.84. The van der Waals surface area contributed by atoms with Crippen molar-refractivity contribution in [2.45, 2.75) is 90.3 Å². The fraction of sp³-hybridized carbons (Fsp3) is 0.913. The van der Waals surface area contributed by atoms with E-state index < -0.39 is 5.60 Å². The van der Waals surface area contributed by atoms with Gasteiger partial charge in [0.05, 0.1) is 18.6 Å². The minimum absolute atomic E-state index is 0.0549. The molecule has 0 aromatic carbocycles. The first-order chi connectivity index (χ1) is 13.2. The van der Waals surface area contributed by atoms with Gasteiger partial charge in [-0.15, -0.1) is 0 Å². The molecule has 1 N–H and O–H groups in total. The number of carbonyl (C=O) groups is 2. The molecule has 0 aromatic rings. The van der Waals surface area contributed by atoms with E-state index in [1.54, 1.807) is 0 Å². The van der Waals surface area contributed by atoms with Crippen molar-refractivity contribution < 1.29 is 24.2 Å². The average Bonchev–Trinajstić information content (AvgIpc) is 2.92. The van der Waals surface area contributed by atoms with Crippen molar-refractivity contribution in [3.63, 3.8) is 0 Å². The van der Waals surface area contributed by atoms with Gasteiger partial charge in [-0.05, 0) is 81.0 Å². The molecule has 8 atom stereocenters. The van der Waals surface area contributed by atoms with Crippen LogP contribution >= 0.6 is 0 Å². The van der Waals surface area contributed by atoms with Crippen LogP contribution in [0.1, 0.15) is 78.6 Å². The summed E-state index contributed by atoms with van der Waals surface area (Å²) in [7, 11) is 1.46. The lowest BCUT2D eigenvalue weighted by Crippen LogP contribution is -2.62. The monoisotopic (exact) mass is 392 g/mol. The van der Waals surface area contributed by atoms with Gasteiger partial charge < -0.3 is 14.6 Å². The molecule has 0 aromatic heterocycles. The van der Waals surface area contributed by atoms with Gasteiger partial charge >= 0.3 is 11.9 Å². The Balaban J connectivity index is 1.58. The molecule has 28 heavy (non-hydrogen) atoms. The molecule has 4 aliphatic rings. The van der Waals surface area contributed by atoms with E-state index in [4.69, 9.17) is 9.47 Å². The number of hydrogen-bond donors (Lipinski definition) is 1. The van der Waals surface area contributed by atoms with Crippen LogP contribution in [0.25, 0.3) is 0 Å². The van der Waals surface area contributed by atoms with Crippen LogP contribution in [0, 0.1) is 34.5 Å². The zero-order chi connectivity index (χ0) is 20.3. The summed E-state index contributed by atoms with van der Waals surface area (Å²) in [6.07, 6.45) is 8.49. The summed E-state index contributed by atoms with van der Waals surface area (Å²) in [5.74, 6) is 0.779. The number of aliphatic hydroxyl groups is 1. The first-order valence-electron chi connectivity index (χ1n) is 11.1. The fourth-order valence-corrected chi connectivity index (χ4v) is 8.05. The molecule has 5 nitrogen and oxygen atoms in total. The topological polar surface area (TPSA) is 72.8 Å². The Bertz CT molecular complexity index is 661. The Morgan fingerprint density at radius 1 is 0.964 bits per heavy atom. The molecule has 0 heterocycles. The van der Waals surface area contributed by atoms with Crippen molar-refractivity contribution in [1.29, 1.82) is 0 Å². The molecule has 4 fully saturated rings. The molecular formula is C23H36O5. The van der Waals surface area contributed by atoms with Gasteiger partial charge in [0.2, 0.25) is 0 Å². The highest BCUT2D eigenvalue weighted by Gasteiger charge is 2.68. The lowest BCUT2D eigenvalue weighted by molar-refractivity contribution is -0.214. The van der Waals surface area contributed by atoms with Gasteiger partial charge in [-0.2, -0.15) is 0 Å². The molecule has 4 aliphatic carbocycles. The van der Waals surface area contributed by atoms with Crippen LogP contribution in [-0.4, -0.2) is 35.9 Å². The first-order valence-corrected chi connectivity index (χ1v) is 11.1. The zero-order valence-electron chi connectivity index (χ0n) is 17.8. The second-order valence-electron chi connectivity index (χ2n) is 10.5. The van der Waals surface area contributed by atoms with Crippen molar-refractivity contribution in [2.75, 3.05) is 7.11 Å². The third-order valence-electron chi connectivity index (χ3n) is 9.62.